The van der Waals surface area contributed by atoms with E-state index in [2.05, 4.69) is 34.7 Å². The minimum absolute atomic E-state index is 0.508. The number of nitrogens with zero attached hydrogens (tertiary/aromatic N) is 1. The van der Waals surface area contributed by atoms with Crippen LogP contribution in [0.2, 0.25) is 5.02 Å². The number of nitrogens with one attached hydrogen (secondary N) is 2. The van der Waals surface area contributed by atoms with Crippen LogP contribution in [0.15, 0.2) is 42.5 Å². The lowest BCUT2D eigenvalue weighted by Gasteiger charge is -2.07. The number of anilines is 2. The number of benzene rings is 2. The molecule has 2 aromatic carbocycles. The highest BCUT2D eigenvalue weighted by atomic mass is 35.5. The number of fused-ring (bicyclic) bond motifs is 1. The molecule has 3 rings (SSSR count). The van der Waals surface area contributed by atoms with Crippen molar-refractivity contribution in [2.45, 2.75) is 6.92 Å². The largest absolute Gasteiger partial charge is 0.332 e. The molecule has 106 valence electrons. The number of thiazole rings is 1. The Morgan fingerprint density at radius 2 is 1.90 bits per heavy atom. The first-order valence-electron chi connectivity index (χ1n) is 6.31. The van der Waals surface area contributed by atoms with Gasteiger partial charge in [-0.15, -0.1) is 0 Å². The van der Waals surface area contributed by atoms with Gasteiger partial charge in [-0.2, -0.15) is 0 Å². The van der Waals surface area contributed by atoms with E-state index in [1.54, 1.807) is 11.3 Å². The maximum absolute atomic E-state index is 5.85. The third-order valence-electron chi connectivity index (χ3n) is 2.87. The molecule has 21 heavy (non-hydrogen) atoms. The fourth-order valence-electron chi connectivity index (χ4n) is 1.88. The zero-order valence-corrected chi connectivity index (χ0v) is 13.6. The second-order valence-corrected chi connectivity index (χ2v) is 6.45. The minimum atomic E-state index is 0.508. The van der Waals surface area contributed by atoms with Gasteiger partial charge in [0.1, 0.15) is 0 Å². The molecule has 0 saturated heterocycles. The number of hydrogen-bond acceptors (Lipinski definition) is 3. The molecule has 6 heteroatoms. The Labute approximate surface area is 137 Å². The van der Waals surface area contributed by atoms with Crippen LogP contribution in [-0.4, -0.2) is 10.1 Å². The molecule has 0 amide bonds. The molecule has 1 heterocycles. The zero-order valence-electron chi connectivity index (χ0n) is 11.2. The molecule has 3 aromatic rings. The first kappa shape index (κ1) is 14.3. The average molecular weight is 334 g/mol. The second kappa shape index (κ2) is 5.97. The summed E-state index contributed by atoms with van der Waals surface area (Å²) in [6.07, 6.45) is 0. The SMILES string of the molecule is Cc1ccc2nc(NC(=S)Nc3ccc(Cl)cc3)sc2c1. The predicted octanol–water partition coefficient (Wildman–Crippen LogP) is 5.07. The molecular formula is C15H12ClN3S2. The quantitative estimate of drug-likeness (QED) is 0.642. The summed E-state index contributed by atoms with van der Waals surface area (Å²) in [5, 5.41) is 8.19. The standard InChI is InChI=1S/C15H12ClN3S2/c1-9-2-7-12-13(8-9)21-15(18-12)19-14(20)17-11-5-3-10(16)4-6-11/h2-8H,1H3,(H2,17,18,19,20). The van der Waals surface area contributed by atoms with Gasteiger partial charge >= 0.3 is 0 Å². The third-order valence-corrected chi connectivity index (χ3v) is 4.26. The topological polar surface area (TPSA) is 37.0 Å². The number of aryl methyl sites for hydroxylation is 1. The normalized spacial score (nSPS) is 10.6. The van der Waals surface area contributed by atoms with Crippen molar-refractivity contribution in [2.75, 3.05) is 10.6 Å². The lowest BCUT2D eigenvalue weighted by molar-refractivity contribution is 1.45. The van der Waals surface area contributed by atoms with E-state index in [9.17, 15) is 0 Å². The molecule has 0 atom stereocenters. The Hall–Kier alpha value is -1.69. The summed E-state index contributed by atoms with van der Waals surface area (Å²) in [6.45, 7) is 2.07. The summed E-state index contributed by atoms with van der Waals surface area (Å²) in [5.74, 6) is 0. The van der Waals surface area contributed by atoms with E-state index in [4.69, 9.17) is 23.8 Å². The van der Waals surface area contributed by atoms with Crippen LogP contribution >= 0.6 is 35.2 Å². The van der Waals surface area contributed by atoms with Gasteiger partial charge in [-0.05, 0) is 61.1 Å². The van der Waals surface area contributed by atoms with Gasteiger partial charge in [-0.1, -0.05) is 29.0 Å². The van der Waals surface area contributed by atoms with Crippen LogP contribution < -0.4 is 10.6 Å². The molecule has 1 aromatic heterocycles. The van der Waals surface area contributed by atoms with E-state index in [1.807, 2.05) is 30.3 Å². The molecular weight excluding hydrogens is 322 g/mol. The number of aromatic nitrogens is 1. The van der Waals surface area contributed by atoms with Crippen LogP contribution in [0, 0.1) is 6.92 Å². The summed E-state index contributed by atoms with van der Waals surface area (Å²) in [6, 6.07) is 13.6. The lowest BCUT2D eigenvalue weighted by atomic mass is 10.2. The Kier molecular flexibility index (Phi) is 4.05. The van der Waals surface area contributed by atoms with Gasteiger partial charge < -0.3 is 10.6 Å². The maximum atomic E-state index is 5.85. The van der Waals surface area contributed by atoms with Crippen LogP contribution in [0.3, 0.4) is 0 Å². The van der Waals surface area contributed by atoms with Crippen molar-refractivity contribution in [3.63, 3.8) is 0 Å². The minimum Gasteiger partial charge on any atom is -0.332 e. The Morgan fingerprint density at radius 1 is 1.14 bits per heavy atom. The van der Waals surface area contributed by atoms with Crippen LogP contribution in [-0.2, 0) is 0 Å². The summed E-state index contributed by atoms with van der Waals surface area (Å²) >= 11 is 12.7. The zero-order chi connectivity index (χ0) is 14.8. The number of hydrogen-bond donors (Lipinski definition) is 2. The van der Waals surface area contributed by atoms with Crippen molar-refractivity contribution >= 4 is 61.3 Å². The molecule has 3 nitrogen and oxygen atoms in total. The number of rotatable bonds is 2. The van der Waals surface area contributed by atoms with Crippen LogP contribution in [0.4, 0.5) is 10.8 Å². The molecule has 0 fully saturated rings. The summed E-state index contributed by atoms with van der Waals surface area (Å²) in [7, 11) is 0. The summed E-state index contributed by atoms with van der Waals surface area (Å²) < 4.78 is 1.15. The van der Waals surface area contributed by atoms with Gasteiger partial charge in [0.2, 0.25) is 0 Å². The molecule has 0 radical (unpaired) electrons. The highest BCUT2D eigenvalue weighted by molar-refractivity contribution is 7.80. The van der Waals surface area contributed by atoms with Crippen molar-refractivity contribution in [1.29, 1.82) is 0 Å². The van der Waals surface area contributed by atoms with E-state index < -0.39 is 0 Å². The summed E-state index contributed by atoms with van der Waals surface area (Å²) in [5.41, 5.74) is 3.08. The first-order valence-corrected chi connectivity index (χ1v) is 7.91. The van der Waals surface area contributed by atoms with Crippen molar-refractivity contribution in [1.82, 2.24) is 4.98 Å². The molecule has 0 bridgehead atoms. The third kappa shape index (κ3) is 3.50. The Bertz CT molecular complexity index is 796. The molecule has 0 spiro atoms. The van der Waals surface area contributed by atoms with Gasteiger partial charge in [0.15, 0.2) is 10.2 Å². The van der Waals surface area contributed by atoms with Crippen molar-refractivity contribution in [3.8, 4) is 0 Å². The van der Waals surface area contributed by atoms with Crippen molar-refractivity contribution in [2.24, 2.45) is 0 Å². The number of halogens is 1. The van der Waals surface area contributed by atoms with Gasteiger partial charge in [-0.3, -0.25) is 0 Å². The highest BCUT2D eigenvalue weighted by Gasteiger charge is 2.06. The molecule has 0 aliphatic carbocycles. The Morgan fingerprint density at radius 3 is 2.67 bits per heavy atom. The fraction of sp³-hybridized carbons (Fsp3) is 0.0667. The second-order valence-electron chi connectivity index (χ2n) is 4.58. The molecule has 0 aliphatic rings. The van der Waals surface area contributed by atoms with Gasteiger partial charge in [-0.25, -0.2) is 4.98 Å². The predicted molar refractivity (Wildman–Crippen MR) is 95.7 cm³/mol. The first-order chi connectivity index (χ1) is 10.1. The molecule has 0 saturated carbocycles. The van der Waals surface area contributed by atoms with E-state index in [1.165, 1.54) is 5.56 Å². The molecule has 0 aliphatic heterocycles. The summed E-state index contributed by atoms with van der Waals surface area (Å²) in [4.78, 5) is 4.51. The van der Waals surface area contributed by atoms with E-state index in [-0.39, 0.29) is 0 Å². The monoisotopic (exact) mass is 333 g/mol. The van der Waals surface area contributed by atoms with E-state index in [0.29, 0.717) is 10.1 Å². The Balaban J connectivity index is 1.72. The molecule has 0 unspecified atom stereocenters. The van der Waals surface area contributed by atoms with Crippen molar-refractivity contribution < 1.29 is 0 Å². The van der Waals surface area contributed by atoms with Crippen LogP contribution in [0.25, 0.3) is 10.2 Å². The maximum Gasteiger partial charge on any atom is 0.190 e. The van der Waals surface area contributed by atoms with Gasteiger partial charge in [0.05, 0.1) is 10.2 Å². The van der Waals surface area contributed by atoms with Crippen molar-refractivity contribution in [3.05, 3.63) is 53.1 Å². The lowest BCUT2D eigenvalue weighted by Crippen LogP contribution is -2.18. The van der Waals surface area contributed by atoms with Crippen LogP contribution in [0.1, 0.15) is 5.56 Å². The van der Waals surface area contributed by atoms with Gasteiger partial charge in [0, 0.05) is 10.7 Å². The fourth-order valence-corrected chi connectivity index (χ4v) is 3.25. The highest BCUT2D eigenvalue weighted by Crippen LogP contribution is 2.26. The van der Waals surface area contributed by atoms with Crippen LogP contribution in [0.5, 0.6) is 0 Å². The van der Waals surface area contributed by atoms with Gasteiger partial charge in [0.25, 0.3) is 0 Å². The molecule has 2 N–H and O–H groups in total. The average Bonchev–Trinajstić information content (AvgIpc) is 2.82. The van der Waals surface area contributed by atoms with E-state index >= 15 is 0 Å². The number of thiocarbonyl (C=S) groups is 1. The van der Waals surface area contributed by atoms with E-state index in [0.717, 1.165) is 21.0 Å². The smallest absolute Gasteiger partial charge is 0.190 e.